The van der Waals surface area contributed by atoms with Crippen molar-refractivity contribution < 1.29 is 23.9 Å². The summed E-state index contributed by atoms with van der Waals surface area (Å²) < 4.78 is 11.7. The summed E-state index contributed by atoms with van der Waals surface area (Å²) in [7, 11) is 0. The smallest absolute Gasteiger partial charge is 0.434 e. The van der Waals surface area contributed by atoms with Crippen molar-refractivity contribution in [1.82, 2.24) is 9.88 Å². The first-order valence-corrected chi connectivity index (χ1v) is 11.4. The molecule has 4 rings (SSSR count). The number of rotatable bonds is 8. The summed E-state index contributed by atoms with van der Waals surface area (Å²) in [5.41, 5.74) is 3.49. The number of amides is 2. The topological polar surface area (TPSA) is 98.7 Å². The molecule has 0 spiro atoms. The van der Waals surface area contributed by atoms with Crippen LogP contribution in [0.5, 0.6) is 5.75 Å². The number of hydrogen-bond donors (Lipinski definition) is 2. The first kappa shape index (κ1) is 24.3. The number of nitrogens with zero attached hydrogens (tertiary/aromatic N) is 1. The molecule has 8 heteroatoms. The number of aromatic nitrogens is 1. The maximum atomic E-state index is 12.6. The number of carbonyl (C=O) groups is 3. The van der Waals surface area contributed by atoms with Gasteiger partial charge in [0.05, 0.1) is 6.61 Å². The molecule has 0 bridgehead atoms. The van der Waals surface area contributed by atoms with Crippen molar-refractivity contribution in [2.24, 2.45) is 0 Å². The average molecular weight is 484 g/mol. The summed E-state index contributed by atoms with van der Waals surface area (Å²) in [4.78, 5) is 36.3. The lowest BCUT2D eigenvalue weighted by atomic mass is 10.1. The zero-order valence-corrected chi connectivity index (χ0v) is 19.6. The first-order valence-electron chi connectivity index (χ1n) is 11.4. The number of benzene rings is 3. The van der Waals surface area contributed by atoms with Gasteiger partial charge in [0.25, 0.3) is 11.8 Å². The number of nitrogens with one attached hydrogen (secondary N) is 2. The standard InChI is InChI=1S/C28H25N3O5/c1-2-35-28(34)36-25-15-9-21(10-16-25)26(32)29-19-20-5-11-23(12-6-20)30-27(33)22-7-13-24(14-8-22)31-17-3-4-18-31/h3-18H,2,19H2,1H3,(H,29,32)(H,30,33). The molecule has 182 valence electrons. The van der Waals surface area contributed by atoms with Gasteiger partial charge in [0.2, 0.25) is 0 Å². The third kappa shape index (κ3) is 6.38. The number of ether oxygens (including phenoxy) is 2. The third-order valence-corrected chi connectivity index (χ3v) is 5.28. The molecule has 1 aromatic heterocycles. The number of anilines is 1. The van der Waals surface area contributed by atoms with E-state index < -0.39 is 6.16 Å². The van der Waals surface area contributed by atoms with Gasteiger partial charge in [0.1, 0.15) is 5.75 Å². The Balaban J connectivity index is 1.27. The summed E-state index contributed by atoms with van der Waals surface area (Å²) in [6.45, 7) is 2.22. The van der Waals surface area contributed by atoms with E-state index in [4.69, 9.17) is 9.47 Å². The summed E-state index contributed by atoms with van der Waals surface area (Å²) >= 11 is 0. The Hall–Kier alpha value is -4.85. The Morgan fingerprint density at radius 1 is 0.778 bits per heavy atom. The van der Waals surface area contributed by atoms with E-state index in [0.717, 1.165) is 11.3 Å². The minimum atomic E-state index is -0.792. The monoisotopic (exact) mass is 483 g/mol. The highest BCUT2D eigenvalue weighted by atomic mass is 16.7. The van der Waals surface area contributed by atoms with Crippen molar-refractivity contribution in [2.45, 2.75) is 13.5 Å². The van der Waals surface area contributed by atoms with Crippen molar-refractivity contribution in [3.63, 3.8) is 0 Å². The molecule has 0 saturated heterocycles. The Morgan fingerprint density at radius 3 is 2.03 bits per heavy atom. The second kappa shape index (κ2) is 11.5. The van der Waals surface area contributed by atoms with Gasteiger partial charge in [-0.2, -0.15) is 0 Å². The van der Waals surface area contributed by atoms with Crippen LogP contribution in [0, 0.1) is 0 Å². The van der Waals surface area contributed by atoms with E-state index in [-0.39, 0.29) is 18.4 Å². The fraction of sp³-hybridized carbons (Fsp3) is 0.107. The highest BCUT2D eigenvalue weighted by Gasteiger charge is 2.09. The maximum Gasteiger partial charge on any atom is 0.513 e. The van der Waals surface area contributed by atoms with Gasteiger partial charge < -0.3 is 24.7 Å². The van der Waals surface area contributed by atoms with Gasteiger partial charge >= 0.3 is 6.16 Å². The summed E-state index contributed by atoms with van der Waals surface area (Å²) in [5.74, 6) is -0.177. The predicted molar refractivity (Wildman–Crippen MR) is 135 cm³/mol. The fourth-order valence-electron chi connectivity index (χ4n) is 3.40. The molecule has 0 saturated carbocycles. The molecule has 0 aliphatic rings. The molecular formula is C28H25N3O5. The average Bonchev–Trinajstić information content (AvgIpc) is 3.44. The van der Waals surface area contributed by atoms with E-state index in [9.17, 15) is 14.4 Å². The maximum absolute atomic E-state index is 12.6. The molecule has 2 N–H and O–H groups in total. The summed E-state index contributed by atoms with van der Waals surface area (Å²) in [6.07, 6.45) is 3.09. The van der Waals surface area contributed by atoms with E-state index in [1.807, 2.05) is 53.4 Å². The molecule has 8 nitrogen and oxygen atoms in total. The van der Waals surface area contributed by atoms with Gasteiger partial charge in [-0.05, 0) is 85.3 Å². The minimum absolute atomic E-state index is 0.203. The van der Waals surface area contributed by atoms with Crippen molar-refractivity contribution in [3.05, 3.63) is 114 Å². The lowest BCUT2D eigenvalue weighted by Crippen LogP contribution is -2.22. The number of hydrogen-bond acceptors (Lipinski definition) is 5. The molecule has 4 aromatic rings. The molecule has 0 aliphatic heterocycles. The van der Waals surface area contributed by atoms with Crippen LogP contribution in [0.25, 0.3) is 5.69 Å². The normalized spacial score (nSPS) is 10.4. The second-order valence-electron chi connectivity index (χ2n) is 7.78. The van der Waals surface area contributed by atoms with Gasteiger partial charge in [0.15, 0.2) is 0 Å². The second-order valence-corrected chi connectivity index (χ2v) is 7.78. The highest BCUT2D eigenvalue weighted by Crippen LogP contribution is 2.15. The molecule has 0 fully saturated rings. The molecule has 0 radical (unpaired) electrons. The van der Waals surface area contributed by atoms with Gasteiger partial charge in [-0.15, -0.1) is 0 Å². The van der Waals surface area contributed by atoms with E-state index in [2.05, 4.69) is 10.6 Å². The minimum Gasteiger partial charge on any atom is -0.434 e. The van der Waals surface area contributed by atoms with Crippen LogP contribution in [-0.2, 0) is 11.3 Å². The highest BCUT2D eigenvalue weighted by molar-refractivity contribution is 6.04. The Bertz CT molecular complexity index is 1310. The van der Waals surface area contributed by atoms with Gasteiger partial charge in [-0.25, -0.2) is 4.79 Å². The van der Waals surface area contributed by atoms with E-state index in [1.54, 1.807) is 43.3 Å². The largest absolute Gasteiger partial charge is 0.513 e. The fourth-order valence-corrected chi connectivity index (χ4v) is 3.40. The van der Waals surface area contributed by atoms with E-state index in [1.165, 1.54) is 12.1 Å². The lowest BCUT2D eigenvalue weighted by molar-refractivity contribution is 0.0950. The van der Waals surface area contributed by atoms with Crippen LogP contribution in [0.3, 0.4) is 0 Å². The van der Waals surface area contributed by atoms with Crippen LogP contribution >= 0.6 is 0 Å². The van der Waals surface area contributed by atoms with E-state index in [0.29, 0.717) is 29.1 Å². The Morgan fingerprint density at radius 2 is 1.39 bits per heavy atom. The van der Waals surface area contributed by atoms with Crippen molar-refractivity contribution in [2.75, 3.05) is 11.9 Å². The SMILES string of the molecule is CCOC(=O)Oc1ccc(C(=O)NCc2ccc(NC(=O)c3ccc(-n4cccc4)cc3)cc2)cc1. The predicted octanol–water partition coefficient (Wildman–Crippen LogP) is 5.19. The molecule has 2 amide bonds. The van der Waals surface area contributed by atoms with Crippen LogP contribution in [0.1, 0.15) is 33.2 Å². The third-order valence-electron chi connectivity index (χ3n) is 5.28. The molecule has 36 heavy (non-hydrogen) atoms. The Labute approximate surface area is 208 Å². The molecule has 0 aliphatic carbocycles. The summed E-state index contributed by atoms with van der Waals surface area (Å²) in [5, 5.41) is 5.72. The van der Waals surface area contributed by atoms with Crippen LogP contribution in [0.15, 0.2) is 97.3 Å². The molecule has 0 unspecified atom stereocenters. The van der Waals surface area contributed by atoms with E-state index >= 15 is 0 Å². The van der Waals surface area contributed by atoms with Gasteiger partial charge in [0, 0.05) is 41.4 Å². The van der Waals surface area contributed by atoms with Crippen LogP contribution in [0.2, 0.25) is 0 Å². The van der Waals surface area contributed by atoms with Gasteiger partial charge in [-0.3, -0.25) is 9.59 Å². The van der Waals surface area contributed by atoms with Crippen molar-refractivity contribution in [3.8, 4) is 11.4 Å². The molecule has 1 heterocycles. The first-order chi connectivity index (χ1) is 17.5. The quantitative estimate of drug-likeness (QED) is 0.265. The zero-order chi connectivity index (χ0) is 25.3. The van der Waals surface area contributed by atoms with Crippen LogP contribution < -0.4 is 15.4 Å². The Kier molecular flexibility index (Phi) is 7.77. The molecule has 0 atom stereocenters. The van der Waals surface area contributed by atoms with Crippen LogP contribution in [-0.4, -0.2) is 29.1 Å². The molecule has 3 aromatic carbocycles. The number of carbonyl (C=O) groups excluding carboxylic acids is 3. The van der Waals surface area contributed by atoms with Crippen LogP contribution in [0.4, 0.5) is 10.5 Å². The van der Waals surface area contributed by atoms with Gasteiger partial charge in [-0.1, -0.05) is 12.1 Å². The summed E-state index contributed by atoms with van der Waals surface area (Å²) in [6, 6.07) is 24.6. The molecular weight excluding hydrogens is 458 g/mol. The zero-order valence-electron chi connectivity index (χ0n) is 19.6. The lowest BCUT2D eigenvalue weighted by Gasteiger charge is -2.09. The van der Waals surface area contributed by atoms with Crippen molar-refractivity contribution in [1.29, 1.82) is 0 Å². The van der Waals surface area contributed by atoms with Crippen molar-refractivity contribution >= 4 is 23.7 Å².